The van der Waals surface area contributed by atoms with Crippen LogP contribution >= 0.6 is 20.1 Å². The van der Waals surface area contributed by atoms with Crippen molar-refractivity contribution in [1.29, 1.82) is 0 Å². The van der Waals surface area contributed by atoms with E-state index in [0.717, 1.165) is 11.1 Å². The van der Waals surface area contributed by atoms with Gasteiger partial charge in [-0.25, -0.2) is 0 Å². The van der Waals surface area contributed by atoms with Gasteiger partial charge in [0, 0.05) is 11.1 Å². The summed E-state index contributed by atoms with van der Waals surface area (Å²) in [6, 6.07) is 11.2. The minimum Gasteiger partial charge on any atom is -0.170 e. The summed E-state index contributed by atoms with van der Waals surface area (Å²) in [5.41, 5.74) is 3.57. The van der Waals surface area contributed by atoms with Crippen LogP contribution in [0, 0.1) is 29.3 Å². The predicted molar refractivity (Wildman–Crippen MR) is 168 cm³/mol. The molecule has 2 aromatic rings. The second kappa shape index (κ2) is 11.7. The summed E-state index contributed by atoms with van der Waals surface area (Å²) >= 11 is 0. The van der Waals surface area contributed by atoms with Crippen LogP contribution in [-0.4, -0.2) is 31.5 Å². The first-order valence-corrected chi connectivity index (χ1v) is 17.0. The molecular formula is C33H50S2. The number of rotatable bonds is 6. The minimum atomic E-state index is -1.04. The maximum absolute atomic E-state index is 3.85. The Balaban J connectivity index is 2.56. The number of hydrogen-bond donors (Lipinski definition) is 0. The number of hydrogen-bond acceptors (Lipinski definition) is 0. The highest BCUT2D eigenvalue weighted by atomic mass is 32.3. The first-order chi connectivity index (χ1) is 16.2. The van der Waals surface area contributed by atoms with Crippen molar-refractivity contribution >= 4 is 30.8 Å². The van der Waals surface area contributed by atoms with Crippen LogP contribution < -0.4 is 0 Å². The van der Waals surface area contributed by atoms with Gasteiger partial charge in [0.2, 0.25) is 0 Å². The van der Waals surface area contributed by atoms with Gasteiger partial charge in [0.05, 0.1) is 0 Å². The average Bonchev–Trinajstić information content (AvgIpc) is 2.74. The summed E-state index contributed by atoms with van der Waals surface area (Å²) in [6.07, 6.45) is 0. The van der Waals surface area contributed by atoms with Gasteiger partial charge < -0.3 is 0 Å². The van der Waals surface area contributed by atoms with E-state index in [-0.39, 0.29) is 0 Å². The summed E-state index contributed by atoms with van der Waals surface area (Å²) in [7, 11) is -2.07. The van der Waals surface area contributed by atoms with Crippen molar-refractivity contribution in [2.45, 2.75) is 122 Å². The third-order valence-corrected chi connectivity index (χ3v) is 18.0. The maximum Gasteiger partial charge on any atom is 0.0289 e. The molecule has 0 fully saturated rings. The van der Waals surface area contributed by atoms with Crippen LogP contribution in [0.3, 0.4) is 0 Å². The van der Waals surface area contributed by atoms with Crippen molar-refractivity contribution in [3.63, 3.8) is 0 Å². The molecule has 0 bridgehead atoms. The molecule has 0 aliphatic heterocycles. The van der Waals surface area contributed by atoms with E-state index in [1.807, 2.05) is 0 Å². The van der Waals surface area contributed by atoms with Crippen LogP contribution in [0.4, 0.5) is 0 Å². The molecule has 0 nitrogen and oxygen atoms in total. The van der Waals surface area contributed by atoms with Crippen molar-refractivity contribution in [3.05, 3.63) is 47.0 Å². The molecule has 2 heteroatoms. The number of fused-ring (bicyclic) bond motifs is 1. The zero-order valence-electron chi connectivity index (χ0n) is 24.7. The van der Waals surface area contributed by atoms with E-state index in [9.17, 15) is 0 Å². The number of benzene rings is 2. The monoisotopic (exact) mass is 510 g/mol. The molecule has 2 aromatic carbocycles. The van der Waals surface area contributed by atoms with Crippen molar-refractivity contribution in [2.24, 2.45) is 0 Å². The SMILES string of the molecule is Cc1c(C#CS(C(C)C)(C(C)C)C(C)C)ccc2cc(C#CS(C(C)C)(C(C)C)C(C)C)ccc12. The smallest absolute Gasteiger partial charge is 0.0289 e. The second-order valence-corrected chi connectivity index (χ2v) is 20.6. The molecule has 0 aliphatic carbocycles. The van der Waals surface area contributed by atoms with Crippen LogP contribution in [0.15, 0.2) is 30.3 Å². The Kier molecular flexibility index (Phi) is 9.96. The Morgan fingerprint density at radius 2 is 0.971 bits per heavy atom. The van der Waals surface area contributed by atoms with Crippen LogP contribution in [-0.2, 0) is 0 Å². The molecule has 0 atom stereocenters. The lowest BCUT2D eigenvalue weighted by atomic mass is 9.99. The molecule has 0 heterocycles. The fourth-order valence-electron chi connectivity index (χ4n) is 5.96. The van der Waals surface area contributed by atoms with Crippen molar-refractivity contribution in [3.8, 4) is 22.3 Å². The van der Waals surface area contributed by atoms with E-state index in [2.05, 4.69) is 143 Å². The largest absolute Gasteiger partial charge is 0.170 e. The van der Waals surface area contributed by atoms with E-state index in [0.29, 0.717) is 31.5 Å². The Morgan fingerprint density at radius 1 is 0.543 bits per heavy atom. The highest BCUT2D eigenvalue weighted by Crippen LogP contribution is 2.60. The zero-order valence-corrected chi connectivity index (χ0v) is 26.3. The molecule has 0 saturated carbocycles. The molecule has 35 heavy (non-hydrogen) atoms. The van der Waals surface area contributed by atoms with Crippen LogP contribution in [0.25, 0.3) is 10.8 Å². The third kappa shape index (κ3) is 5.76. The average molecular weight is 511 g/mol. The van der Waals surface area contributed by atoms with Gasteiger partial charge >= 0.3 is 0 Å². The first kappa shape index (κ1) is 29.7. The molecule has 0 saturated heterocycles. The van der Waals surface area contributed by atoms with Gasteiger partial charge in [0.1, 0.15) is 0 Å². The lowest BCUT2D eigenvalue weighted by Gasteiger charge is -2.46. The summed E-state index contributed by atoms with van der Waals surface area (Å²) in [4.78, 5) is 0. The summed E-state index contributed by atoms with van der Waals surface area (Å²) in [5, 5.41) is 13.8. The van der Waals surface area contributed by atoms with Gasteiger partial charge in [-0.15, -0.1) is 0 Å². The molecule has 0 unspecified atom stereocenters. The molecule has 0 spiro atoms. The Labute approximate surface area is 221 Å². The molecular weight excluding hydrogens is 460 g/mol. The normalized spacial score (nSPS) is 13.6. The lowest BCUT2D eigenvalue weighted by molar-refractivity contribution is 0.959. The third-order valence-electron chi connectivity index (χ3n) is 7.70. The van der Waals surface area contributed by atoms with Gasteiger partial charge in [-0.1, -0.05) is 107 Å². The fourth-order valence-corrected chi connectivity index (χ4v) is 14.5. The van der Waals surface area contributed by atoms with E-state index >= 15 is 0 Å². The second-order valence-electron chi connectivity index (χ2n) is 11.4. The van der Waals surface area contributed by atoms with Gasteiger partial charge in [-0.05, 0) is 83.5 Å². The van der Waals surface area contributed by atoms with Gasteiger partial charge in [0.25, 0.3) is 0 Å². The van der Waals surface area contributed by atoms with Crippen LogP contribution in [0.1, 0.15) is 99.8 Å². The van der Waals surface area contributed by atoms with E-state index in [1.165, 1.54) is 16.3 Å². The fraction of sp³-hybridized carbons (Fsp3) is 0.576. The Morgan fingerprint density at radius 3 is 1.40 bits per heavy atom. The molecule has 0 radical (unpaired) electrons. The van der Waals surface area contributed by atoms with E-state index < -0.39 is 20.1 Å². The highest BCUT2D eigenvalue weighted by molar-refractivity contribution is 8.39. The molecule has 2 rings (SSSR count). The van der Waals surface area contributed by atoms with Gasteiger partial charge in [-0.2, -0.15) is 20.1 Å². The molecule has 0 amide bonds. The first-order valence-electron chi connectivity index (χ1n) is 13.4. The van der Waals surface area contributed by atoms with Crippen LogP contribution in [0.5, 0.6) is 0 Å². The molecule has 0 aromatic heterocycles. The van der Waals surface area contributed by atoms with Gasteiger partial charge in [0.15, 0.2) is 0 Å². The standard InChI is InChI=1S/C33H50S2/c1-23(2)34(24(3)4,25(5)6)20-18-30-14-17-33-29(13)31(15-16-32(33)22-30)19-21-35(26(7)8,27(9)10)28(11)12/h14-17,22-28H,1-13H3. The Hall–Kier alpha value is -1.48. The van der Waals surface area contributed by atoms with E-state index in [1.54, 1.807) is 0 Å². The summed E-state index contributed by atoms with van der Waals surface area (Å²) < 4.78 is 0. The summed E-state index contributed by atoms with van der Waals surface area (Å²) in [6.45, 7) is 30.5. The van der Waals surface area contributed by atoms with Gasteiger partial charge in [-0.3, -0.25) is 0 Å². The zero-order chi connectivity index (χ0) is 26.7. The number of aryl methyl sites for hydroxylation is 1. The Bertz CT molecular complexity index is 1100. The van der Waals surface area contributed by atoms with Crippen molar-refractivity contribution < 1.29 is 0 Å². The highest BCUT2D eigenvalue weighted by Gasteiger charge is 2.34. The molecule has 0 N–H and O–H groups in total. The topological polar surface area (TPSA) is 0 Å². The molecule has 194 valence electrons. The lowest BCUT2D eigenvalue weighted by Crippen LogP contribution is -2.27. The quantitative estimate of drug-likeness (QED) is 0.339. The molecule has 0 aliphatic rings. The predicted octanol–water partition coefficient (Wildman–Crippen LogP) is 9.83. The van der Waals surface area contributed by atoms with Crippen LogP contribution in [0.2, 0.25) is 0 Å². The van der Waals surface area contributed by atoms with Crippen molar-refractivity contribution in [1.82, 2.24) is 0 Å². The summed E-state index contributed by atoms with van der Waals surface area (Å²) in [5.74, 6) is 7.25. The minimum absolute atomic E-state index is 0.591. The maximum atomic E-state index is 3.85. The van der Waals surface area contributed by atoms with Crippen molar-refractivity contribution in [2.75, 3.05) is 0 Å². The van der Waals surface area contributed by atoms with E-state index in [4.69, 9.17) is 0 Å².